The number of anilines is 2. The van der Waals surface area contributed by atoms with Gasteiger partial charge in [0.1, 0.15) is 16.9 Å². The van der Waals surface area contributed by atoms with Gasteiger partial charge in [-0.2, -0.15) is 13.2 Å². The fraction of sp³-hybridized carbons (Fsp3) is 0.316. The van der Waals surface area contributed by atoms with Gasteiger partial charge in [-0.15, -0.1) is 0 Å². The summed E-state index contributed by atoms with van der Waals surface area (Å²) in [5, 5.41) is 4.41. The number of ether oxygens (including phenoxy) is 2. The molecule has 2 amide bonds. The fourth-order valence-electron chi connectivity index (χ4n) is 2.52. The minimum Gasteiger partial charge on any atom is -0.462 e. The molecule has 0 aliphatic heterocycles. The predicted molar refractivity (Wildman–Crippen MR) is 99.4 cm³/mol. The first kappa shape index (κ1) is 22.8. The minimum absolute atomic E-state index is 0.00845. The van der Waals surface area contributed by atoms with Crippen molar-refractivity contribution >= 4 is 29.5 Å². The summed E-state index contributed by atoms with van der Waals surface area (Å²) in [6.07, 6.45) is -4.59. The number of hydrogen-bond donors (Lipinski definition) is 2. The monoisotopic (exact) mass is 428 g/mol. The number of carbonyl (C=O) groups excluding carboxylic acids is 3. The maximum Gasteiger partial charge on any atom is 0.416 e. The summed E-state index contributed by atoms with van der Waals surface area (Å²) in [5.41, 5.74) is -1.67. The van der Waals surface area contributed by atoms with Gasteiger partial charge >= 0.3 is 24.1 Å². The first-order valence-electron chi connectivity index (χ1n) is 8.81. The predicted octanol–water partition coefficient (Wildman–Crippen LogP) is 4.60. The molecule has 1 aromatic heterocycles. The number of hydrogen-bond acceptors (Lipinski definition) is 6. The van der Waals surface area contributed by atoms with Crippen LogP contribution in [0.3, 0.4) is 0 Å². The lowest BCUT2D eigenvalue weighted by Gasteiger charge is -2.10. The molecule has 11 heteroatoms. The Labute approximate surface area is 169 Å². The Bertz CT molecular complexity index is 952. The van der Waals surface area contributed by atoms with Gasteiger partial charge in [-0.3, -0.25) is 5.32 Å². The summed E-state index contributed by atoms with van der Waals surface area (Å²) in [6, 6.07) is 2.97. The van der Waals surface area contributed by atoms with Crippen molar-refractivity contribution in [2.24, 2.45) is 0 Å². The highest BCUT2D eigenvalue weighted by Crippen LogP contribution is 2.31. The Balaban J connectivity index is 2.31. The molecule has 0 bridgehead atoms. The van der Waals surface area contributed by atoms with E-state index >= 15 is 0 Å². The van der Waals surface area contributed by atoms with Crippen molar-refractivity contribution in [2.75, 3.05) is 23.8 Å². The van der Waals surface area contributed by atoms with Gasteiger partial charge in [0.2, 0.25) is 5.88 Å². The molecule has 162 valence electrons. The van der Waals surface area contributed by atoms with E-state index in [0.29, 0.717) is 0 Å². The molecule has 0 spiro atoms. The molecule has 0 aliphatic rings. The van der Waals surface area contributed by atoms with Crippen molar-refractivity contribution < 1.29 is 41.4 Å². The van der Waals surface area contributed by atoms with Crippen LogP contribution in [0.5, 0.6) is 0 Å². The number of rotatable bonds is 6. The van der Waals surface area contributed by atoms with Crippen molar-refractivity contribution in [3.05, 3.63) is 46.7 Å². The molecule has 0 saturated heterocycles. The number of aryl methyl sites for hydroxylation is 1. The van der Waals surface area contributed by atoms with Crippen LogP contribution in [0.15, 0.2) is 28.7 Å². The average molecular weight is 428 g/mol. The second-order valence-corrected chi connectivity index (χ2v) is 5.84. The van der Waals surface area contributed by atoms with Crippen LogP contribution in [0, 0.1) is 6.92 Å². The zero-order valence-electron chi connectivity index (χ0n) is 16.3. The van der Waals surface area contributed by atoms with Gasteiger partial charge < -0.3 is 19.2 Å². The molecule has 0 unspecified atom stereocenters. The first-order valence-corrected chi connectivity index (χ1v) is 8.81. The number of urea groups is 1. The lowest BCUT2D eigenvalue weighted by atomic mass is 10.1. The molecule has 2 rings (SSSR count). The molecule has 2 aromatic rings. The van der Waals surface area contributed by atoms with Crippen LogP contribution < -0.4 is 10.6 Å². The highest BCUT2D eigenvalue weighted by molar-refractivity contribution is 6.10. The Morgan fingerprint density at radius 2 is 1.60 bits per heavy atom. The van der Waals surface area contributed by atoms with Crippen LogP contribution in [0.4, 0.5) is 29.5 Å². The standard InChI is InChI=1S/C19H19F3N2O6/c1-4-28-16(25)13-10(3)30-15(14(13)17(26)29-5-2)24-18(27)23-12-8-6-7-11(9-12)19(20,21)22/h6-9H,4-5H2,1-3H3,(H2,23,24,27). The molecule has 0 radical (unpaired) electrons. The number of alkyl halides is 3. The maximum atomic E-state index is 12.8. The summed E-state index contributed by atoms with van der Waals surface area (Å²) >= 11 is 0. The first-order chi connectivity index (χ1) is 14.1. The molecule has 0 saturated carbocycles. The molecular formula is C19H19F3N2O6. The molecule has 8 nitrogen and oxygen atoms in total. The van der Waals surface area contributed by atoms with E-state index in [2.05, 4.69) is 10.6 Å². The van der Waals surface area contributed by atoms with E-state index in [-0.39, 0.29) is 35.8 Å². The van der Waals surface area contributed by atoms with Crippen LogP contribution in [-0.2, 0) is 15.7 Å². The molecule has 2 N–H and O–H groups in total. The quantitative estimate of drug-likeness (QED) is 0.651. The van der Waals surface area contributed by atoms with Crippen molar-refractivity contribution in [1.29, 1.82) is 0 Å². The van der Waals surface area contributed by atoms with E-state index in [4.69, 9.17) is 13.9 Å². The van der Waals surface area contributed by atoms with E-state index in [1.807, 2.05) is 0 Å². The molecule has 1 aromatic carbocycles. The van der Waals surface area contributed by atoms with Crippen molar-refractivity contribution in [2.45, 2.75) is 26.9 Å². The number of halogens is 3. The molecule has 0 aliphatic carbocycles. The number of benzene rings is 1. The Hall–Kier alpha value is -3.50. The third kappa shape index (κ3) is 5.31. The topological polar surface area (TPSA) is 107 Å². The van der Waals surface area contributed by atoms with Gasteiger partial charge in [0.25, 0.3) is 0 Å². The van der Waals surface area contributed by atoms with E-state index < -0.39 is 35.6 Å². The SMILES string of the molecule is CCOC(=O)c1c(C)oc(NC(=O)Nc2cccc(C(F)(F)F)c2)c1C(=O)OCC. The largest absolute Gasteiger partial charge is 0.462 e. The van der Waals surface area contributed by atoms with Crippen LogP contribution in [-0.4, -0.2) is 31.2 Å². The van der Waals surface area contributed by atoms with Crippen LogP contribution in [0.1, 0.15) is 45.9 Å². The maximum absolute atomic E-state index is 12.8. The summed E-state index contributed by atoms with van der Waals surface area (Å²) in [7, 11) is 0. The lowest BCUT2D eigenvalue weighted by molar-refractivity contribution is -0.137. The van der Waals surface area contributed by atoms with Crippen LogP contribution in [0.25, 0.3) is 0 Å². The van der Waals surface area contributed by atoms with Crippen LogP contribution >= 0.6 is 0 Å². The molecule has 0 fully saturated rings. The van der Waals surface area contributed by atoms with Gasteiger partial charge in [0, 0.05) is 5.69 Å². The van der Waals surface area contributed by atoms with E-state index in [9.17, 15) is 27.6 Å². The zero-order valence-corrected chi connectivity index (χ0v) is 16.3. The summed E-state index contributed by atoms with van der Waals surface area (Å²) < 4.78 is 53.6. The summed E-state index contributed by atoms with van der Waals surface area (Å²) in [5.74, 6) is -2.20. The molecule has 1 heterocycles. The number of carbonyl (C=O) groups is 3. The van der Waals surface area contributed by atoms with Gasteiger partial charge in [0.05, 0.1) is 18.8 Å². The number of furan rings is 1. The Morgan fingerprint density at radius 1 is 1.00 bits per heavy atom. The van der Waals surface area contributed by atoms with Crippen molar-refractivity contribution in [3.8, 4) is 0 Å². The van der Waals surface area contributed by atoms with Crippen molar-refractivity contribution in [1.82, 2.24) is 0 Å². The highest BCUT2D eigenvalue weighted by Gasteiger charge is 2.32. The van der Waals surface area contributed by atoms with Crippen molar-refractivity contribution in [3.63, 3.8) is 0 Å². The number of amides is 2. The average Bonchev–Trinajstić information content (AvgIpc) is 2.97. The van der Waals surface area contributed by atoms with E-state index in [0.717, 1.165) is 18.2 Å². The Morgan fingerprint density at radius 3 is 2.17 bits per heavy atom. The Kier molecular flexibility index (Phi) is 7.09. The lowest BCUT2D eigenvalue weighted by Crippen LogP contribution is -2.22. The number of esters is 2. The highest BCUT2D eigenvalue weighted by atomic mass is 19.4. The number of nitrogens with one attached hydrogen (secondary N) is 2. The molecular weight excluding hydrogens is 409 g/mol. The summed E-state index contributed by atoms with van der Waals surface area (Å²) in [4.78, 5) is 36.8. The minimum atomic E-state index is -4.59. The fourth-order valence-corrected chi connectivity index (χ4v) is 2.52. The van der Waals surface area contributed by atoms with Gasteiger partial charge in [-0.25, -0.2) is 14.4 Å². The van der Waals surface area contributed by atoms with E-state index in [1.165, 1.54) is 13.0 Å². The molecule has 0 atom stereocenters. The third-order valence-electron chi connectivity index (χ3n) is 3.72. The van der Waals surface area contributed by atoms with Gasteiger partial charge in [-0.1, -0.05) is 6.07 Å². The second kappa shape index (κ2) is 9.33. The zero-order chi connectivity index (χ0) is 22.5. The summed E-state index contributed by atoms with van der Waals surface area (Å²) in [6.45, 7) is 4.51. The normalized spacial score (nSPS) is 11.0. The van der Waals surface area contributed by atoms with E-state index in [1.54, 1.807) is 13.8 Å². The third-order valence-corrected chi connectivity index (χ3v) is 3.72. The second-order valence-electron chi connectivity index (χ2n) is 5.84. The van der Waals surface area contributed by atoms with Crippen LogP contribution in [0.2, 0.25) is 0 Å². The van der Waals surface area contributed by atoms with Gasteiger partial charge in [0.15, 0.2) is 0 Å². The van der Waals surface area contributed by atoms with Gasteiger partial charge in [-0.05, 0) is 39.0 Å². The smallest absolute Gasteiger partial charge is 0.416 e. The molecule has 30 heavy (non-hydrogen) atoms.